The van der Waals surface area contributed by atoms with E-state index in [0.29, 0.717) is 0 Å². The number of nitrogens with one attached hydrogen (secondary N) is 1. The summed E-state index contributed by atoms with van der Waals surface area (Å²) < 4.78 is 4.40. The Labute approximate surface area is 112 Å². The van der Waals surface area contributed by atoms with Crippen LogP contribution in [0.5, 0.6) is 0 Å². The summed E-state index contributed by atoms with van der Waals surface area (Å²) in [5.74, 6) is 0. The van der Waals surface area contributed by atoms with Gasteiger partial charge >= 0.3 is 0 Å². The number of amidine groups is 1. The van der Waals surface area contributed by atoms with Gasteiger partial charge in [0.25, 0.3) is 0 Å². The molecule has 2 aliphatic rings. The van der Waals surface area contributed by atoms with E-state index in [1.807, 2.05) is 17.8 Å². The van der Waals surface area contributed by atoms with E-state index in [1.54, 1.807) is 11.9 Å². The molecule has 0 spiro atoms. The Morgan fingerprint density at radius 3 is 3.06 bits per heavy atom. The molecule has 1 aliphatic heterocycles. The van der Waals surface area contributed by atoms with Crippen LogP contribution in [0.4, 0.5) is 5.69 Å². The standard InChI is InChI=1S/C11H11BrN2S2/c12-7-4-5-10-9(6-7)13-11(14-16-10)15-8-2-1-3-8/h4-6,8H,1-3H2,(H,13,14). The van der Waals surface area contributed by atoms with Crippen molar-refractivity contribution in [3.63, 3.8) is 0 Å². The van der Waals surface area contributed by atoms with Crippen LogP contribution in [0.1, 0.15) is 19.3 Å². The number of aliphatic imine (C=N–C) groups is 1. The van der Waals surface area contributed by atoms with Crippen molar-refractivity contribution in [1.82, 2.24) is 4.72 Å². The fourth-order valence-corrected chi connectivity index (χ4v) is 3.88. The van der Waals surface area contributed by atoms with E-state index >= 15 is 0 Å². The van der Waals surface area contributed by atoms with Crippen LogP contribution in [0.25, 0.3) is 0 Å². The quantitative estimate of drug-likeness (QED) is 0.781. The summed E-state index contributed by atoms with van der Waals surface area (Å²) in [5, 5.41) is 1.83. The Bertz CT molecular complexity index is 444. The Hall–Kier alpha value is -0.130. The number of fused-ring (bicyclic) bond motifs is 1. The Kier molecular flexibility index (Phi) is 3.18. The summed E-state index contributed by atoms with van der Waals surface area (Å²) in [7, 11) is 0. The van der Waals surface area contributed by atoms with E-state index in [2.05, 4.69) is 37.8 Å². The minimum atomic E-state index is 0.778. The van der Waals surface area contributed by atoms with Crippen molar-refractivity contribution in [2.24, 2.45) is 4.99 Å². The summed E-state index contributed by atoms with van der Waals surface area (Å²) in [6.45, 7) is 0. The van der Waals surface area contributed by atoms with E-state index in [1.165, 1.54) is 24.2 Å². The van der Waals surface area contributed by atoms with Crippen molar-refractivity contribution in [3.05, 3.63) is 22.7 Å². The molecule has 16 heavy (non-hydrogen) atoms. The van der Waals surface area contributed by atoms with Gasteiger partial charge in [0.1, 0.15) is 0 Å². The topological polar surface area (TPSA) is 24.4 Å². The summed E-state index contributed by atoms with van der Waals surface area (Å²) in [6.07, 6.45) is 4.04. The third-order valence-corrected chi connectivity index (χ3v) is 5.43. The molecular formula is C11H11BrN2S2. The van der Waals surface area contributed by atoms with Crippen molar-refractivity contribution < 1.29 is 0 Å². The van der Waals surface area contributed by atoms with E-state index in [9.17, 15) is 0 Å². The molecule has 1 N–H and O–H groups in total. The van der Waals surface area contributed by atoms with Gasteiger partial charge in [-0.25, -0.2) is 4.99 Å². The zero-order valence-corrected chi connectivity index (χ0v) is 11.8. The Balaban J connectivity index is 1.81. The first-order chi connectivity index (χ1) is 7.81. The maximum Gasteiger partial charge on any atom is 0.172 e. The molecule has 1 saturated carbocycles. The van der Waals surface area contributed by atoms with Crippen LogP contribution >= 0.6 is 39.6 Å². The smallest absolute Gasteiger partial charge is 0.172 e. The van der Waals surface area contributed by atoms with Crippen LogP contribution in [-0.4, -0.2) is 10.4 Å². The lowest BCUT2D eigenvalue weighted by molar-refractivity contribution is 0.524. The van der Waals surface area contributed by atoms with Gasteiger partial charge in [-0.2, -0.15) is 0 Å². The highest BCUT2D eigenvalue weighted by molar-refractivity contribution is 9.10. The molecule has 1 heterocycles. The van der Waals surface area contributed by atoms with Gasteiger partial charge in [-0.15, -0.1) is 0 Å². The van der Waals surface area contributed by atoms with Crippen molar-refractivity contribution >= 4 is 50.5 Å². The zero-order valence-electron chi connectivity index (χ0n) is 8.57. The molecule has 1 aliphatic carbocycles. The molecule has 0 saturated heterocycles. The summed E-state index contributed by atoms with van der Waals surface area (Å²) >= 11 is 7.02. The predicted octanol–water partition coefficient (Wildman–Crippen LogP) is 4.33. The first-order valence-electron chi connectivity index (χ1n) is 5.29. The van der Waals surface area contributed by atoms with E-state index in [4.69, 9.17) is 0 Å². The Morgan fingerprint density at radius 1 is 1.44 bits per heavy atom. The molecular weight excluding hydrogens is 304 g/mol. The SMILES string of the molecule is Brc1ccc2c(c1)N=C(SC1CCC1)NS2. The van der Waals surface area contributed by atoms with Crippen LogP contribution in [0, 0.1) is 0 Å². The number of hydrogen-bond donors (Lipinski definition) is 1. The minimum Gasteiger partial charge on any atom is -0.305 e. The lowest BCUT2D eigenvalue weighted by Gasteiger charge is -2.26. The zero-order chi connectivity index (χ0) is 11.0. The summed E-state index contributed by atoms with van der Waals surface area (Å²) in [5.41, 5.74) is 1.07. The maximum atomic E-state index is 4.65. The van der Waals surface area contributed by atoms with Gasteiger partial charge in [0.15, 0.2) is 5.17 Å². The molecule has 0 atom stereocenters. The molecule has 0 amide bonds. The van der Waals surface area contributed by atoms with E-state index in [-0.39, 0.29) is 0 Å². The Morgan fingerprint density at radius 2 is 2.31 bits per heavy atom. The monoisotopic (exact) mass is 314 g/mol. The minimum absolute atomic E-state index is 0.778. The number of thioether (sulfide) groups is 1. The predicted molar refractivity (Wildman–Crippen MR) is 75.5 cm³/mol. The number of benzene rings is 1. The van der Waals surface area contributed by atoms with Gasteiger partial charge in [-0.05, 0) is 43.0 Å². The van der Waals surface area contributed by atoms with E-state index in [0.717, 1.165) is 20.6 Å². The van der Waals surface area contributed by atoms with Crippen LogP contribution in [0.15, 0.2) is 32.6 Å². The van der Waals surface area contributed by atoms with Crippen LogP contribution in [0.2, 0.25) is 0 Å². The number of halogens is 1. The van der Waals surface area contributed by atoms with Crippen LogP contribution < -0.4 is 4.72 Å². The molecule has 2 nitrogen and oxygen atoms in total. The lowest BCUT2D eigenvalue weighted by atomic mass is 10.0. The third-order valence-electron chi connectivity index (χ3n) is 2.72. The second-order valence-corrected chi connectivity index (χ2v) is 6.96. The van der Waals surface area contributed by atoms with Gasteiger partial charge in [0.05, 0.1) is 10.6 Å². The molecule has 0 unspecified atom stereocenters. The molecule has 1 aromatic rings. The summed E-state index contributed by atoms with van der Waals surface area (Å²) in [6, 6.07) is 6.21. The lowest BCUT2D eigenvalue weighted by Crippen LogP contribution is -2.22. The van der Waals surface area contributed by atoms with Gasteiger partial charge in [-0.1, -0.05) is 34.1 Å². The van der Waals surface area contributed by atoms with Gasteiger partial charge in [0, 0.05) is 9.72 Å². The maximum absolute atomic E-state index is 4.65. The summed E-state index contributed by atoms with van der Waals surface area (Å²) in [4.78, 5) is 5.84. The fraction of sp³-hybridized carbons (Fsp3) is 0.364. The highest BCUT2D eigenvalue weighted by Crippen LogP contribution is 2.38. The van der Waals surface area contributed by atoms with Gasteiger partial charge < -0.3 is 4.72 Å². The first kappa shape index (κ1) is 11.0. The van der Waals surface area contributed by atoms with Crippen molar-refractivity contribution in [2.75, 3.05) is 0 Å². The van der Waals surface area contributed by atoms with Crippen LogP contribution in [-0.2, 0) is 0 Å². The van der Waals surface area contributed by atoms with Gasteiger partial charge in [-0.3, -0.25) is 0 Å². The van der Waals surface area contributed by atoms with Crippen molar-refractivity contribution in [2.45, 2.75) is 29.4 Å². The molecule has 0 radical (unpaired) electrons. The molecule has 1 aromatic carbocycles. The fourth-order valence-electron chi connectivity index (χ4n) is 1.59. The largest absolute Gasteiger partial charge is 0.305 e. The number of nitrogens with zero attached hydrogens (tertiary/aromatic N) is 1. The average molecular weight is 315 g/mol. The highest BCUT2D eigenvalue weighted by Gasteiger charge is 2.22. The molecule has 3 rings (SSSR count). The average Bonchev–Trinajstić information content (AvgIpc) is 2.23. The highest BCUT2D eigenvalue weighted by atomic mass is 79.9. The van der Waals surface area contributed by atoms with Crippen molar-refractivity contribution in [3.8, 4) is 0 Å². The first-order valence-corrected chi connectivity index (χ1v) is 7.78. The number of rotatable bonds is 1. The molecule has 0 aromatic heterocycles. The van der Waals surface area contributed by atoms with Crippen molar-refractivity contribution in [1.29, 1.82) is 0 Å². The molecule has 1 fully saturated rings. The van der Waals surface area contributed by atoms with Gasteiger partial charge in [0.2, 0.25) is 0 Å². The second kappa shape index (κ2) is 4.63. The number of hydrogen-bond acceptors (Lipinski definition) is 4. The second-order valence-electron chi connectivity index (χ2n) is 3.90. The molecule has 84 valence electrons. The van der Waals surface area contributed by atoms with E-state index < -0.39 is 0 Å². The normalized spacial score (nSPS) is 19.4. The molecule has 5 heteroatoms. The van der Waals surface area contributed by atoms with Crippen LogP contribution in [0.3, 0.4) is 0 Å². The third kappa shape index (κ3) is 2.26. The molecule has 0 bridgehead atoms.